The molecule has 0 N–H and O–H groups in total. The van der Waals surface area contributed by atoms with E-state index in [0.29, 0.717) is 39.3 Å². The van der Waals surface area contributed by atoms with E-state index in [1.54, 1.807) is 32.4 Å². The van der Waals surface area contributed by atoms with Gasteiger partial charge in [0.2, 0.25) is 5.43 Å². The number of hydrogen-bond donors (Lipinski definition) is 0. The first kappa shape index (κ1) is 19.9. The van der Waals surface area contributed by atoms with Crippen LogP contribution in [0.1, 0.15) is 23.5 Å². The Morgan fingerprint density at radius 2 is 1.69 bits per heavy atom. The van der Waals surface area contributed by atoms with E-state index < -0.39 is 0 Å². The summed E-state index contributed by atoms with van der Waals surface area (Å²) in [6.45, 7) is 0. The first-order valence-corrected chi connectivity index (χ1v) is 10.2. The Labute approximate surface area is 184 Å². The molecule has 6 nitrogen and oxygen atoms in total. The van der Waals surface area contributed by atoms with Crippen LogP contribution in [0, 0.1) is 0 Å². The predicted octanol–water partition coefficient (Wildman–Crippen LogP) is 4.92. The van der Waals surface area contributed by atoms with Gasteiger partial charge in [0.15, 0.2) is 11.5 Å². The zero-order chi connectivity index (χ0) is 22.2. The maximum absolute atomic E-state index is 13.3. The van der Waals surface area contributed by atoms with Gasteiger partial charge in [0.05, 0.1) is 31.6 Å². The normalized spacial score (nSPS) is 15.2. The summed E-state index contributed by atoms with van der Waals surface area (Å²) in [6, 6.07) is 18.2. The van der Waals surface area contributed by atoms with Crippen LogP contribution in [0.2, 0.25) is 0 Å². The zero-order valence-electron chi connectivity index (χ0n) is 17.6. The molecule has 0 bridgehead atoms. The van der Waals surface area contributed by atoms with Crippen LogP contribution in [-0.4, -0.2) is 20.2 Å². The maximum Gasteiger partial charge on any atom is 0.312 e. The Morgan fingerprint density at radius 1 is 0.906 bits per heavy atom. The fraction of sp³-hybridized carbons (Fsp3) is 0.154. The minimum atomic E-state index is -0.361. The van der Waals surface area contributed by atoms with Crippen molar-refractivity contribution in [2.45, 2.75) is 12.3 Å². The topological polar surface area (TPSA) is 75.0 Å². The highest BCUT2D eigenvalue weighted by atomic mass is 16.5. The lowest BCUT2D eigenvalue weighted by Gasteiger charge is -2.26. The first-order valence-electron chi connectivity index (χ1n) is 10.2. The highest BCUT2D eigenvalue weighted by molar-refractivity contribution is 5.90. The van der Waals surface area contributed by atoms with Gasteiger partial charge in [0.25, 0.3) is 0 Å². The van der Waals surface area contributed by atoms with Gasteiger partial charge in [-0.25, -0.2) is 0 Å². The molecule has 160 valence electrons. The second kappa shape index (κ2) is 7.89. The molecule has 4 aromatic rings. The highest BCUT2D eigenvalue weighted by Crippen LogP contribution is 2.44. The van der Waals surface area contributed by atoms with E-state index in [1.807, 2.05) is 42.5 Å². The van der Waals surface area contributed by atoms with Crippen LogP contribution in [-0.2, 0) is 4.79 Å². The Bertz CT molecular complexity index is 1390. The SMILES string of the molecule is COc1ccc(C2CC(=O)Oc3ccc4c(=O)c(-c5ccccc5)coc4c32)cc1OC. The fourth-order valence-electron chi connectivity index (χ4n) is 4.23. The van der Waals surface area contributed by atoms with E-state index in [1.165, 1.54) is 6.26 Å². The second-order valence-corrected chi connectivity index (χ2v) is 7.54. The number of carbonyl (C=O) groups excluding carboxylic acids is 1. The van der Waals surface area contributed by atoms with Gasteiger partial charge in [0, 0.05) is 11.5 Å². The Balaban J connectivity index is 1.72. The van der Waals surface area contributed by atoms with Crippen LogP contribution in [0.3, 0.4) is 0 Å². The summed E-state index contributed by atoms with van der Waals surface area (Å²) in [7, 11) is 3.13. The summed E-state index contributed by atoms with van der Waals surface area (Å²) in [5, 5.41) is 0.438. The average Bonchev–Trinajstić information content (AvgIpc) is 2.83. The van der Waals surface area contributed by atoms with Crippen molar-refractivity contribution in [2.75, 3.05) is 14.2 Å². The lowest BCUT2D eigenvalue weighted by Crippen LogP contribution is -2.22. The summed E-state index contributed by atoms with van der Waals surface area (Å²) in [5.74, 6) is 0.829. The van der Waals surface area contributed by atoms with E-state index in [2.05, 4.69) is 0 Å². The molecule has 3 aromatic carbocycles. The van der Waals surface area contributed by atoms with Gasteiger partial charge in [-0.15, -0.1) is 0 Å². The van der Waals surface area contributed by atoms with Crippen molar-refractivity contribution >= 4 is 16.9 Å². The third-order valence-electron chi connectivity index (χ3n) is 5.78. The molecule has 1 atom stereocenters. The molecule has 0 saturated carbocycles. The molecule has 1 aromatic heterocycles. The smallest absolute Gasteiger partial charge is 0.312 e. The molecule has 0 saturated heterocycles. The molecule has 1 aliphatic rings. The number of hydrogen-bond acceptors (Lipinski definition) is 6. The van der Waals surface area contributed by atoms with Crippen LogP contribution in [0.4, 0.5) is 0 Å². The molecule has 32 heavy (non-hydrogen) atoms. The predicted molar refractivity (Wildman–Crippen MR) is 120 cm³/mol. The number of benzene rings is 3. The molecule has 6 heteroatoms. The highest BCUT2D eigenvalue weighted by Gasteiger charge is 2.32. The average molecular weight is 428 g/mol. The van der Waals surface area contributed by atoms with Gasteiger partial charge < -0.3 is 18.6 Å². The zero-order valence-corrected chi connectivity index (χ0v) is 17.6. The summed E-state index contributed by atoms with van der Waals surface area (Å²) in [6.07, 6.45) is 1.59. The van der Waals surface area contributed by atoms with E-state index in [9.17, 15) is 9.59 Å². The van der Waals surface area contributed by atoms with E-state index in [0.717, 1.165) is 11.1 Å². The van der Waals surface area contributed by atoms with E-state index in [-0.39, 0.29) is 23.7 Å². The third-order valence-corrected chi connectivity index (χ3v) is 5.78. The van der Waals surface area contributed by atoms with Crippen LogP contribution >= 0.6 is 0 Å². The van der Waals surface area contributed by atoms with Gasteiger partial charge in [-0.3, -0.25) is 9.59 Å². The summed E-state index contributed by atoms with van der Waals surface area (Å²) in [5.41, 5.74) is 3.05. The summed E-state index contributed by atoms with van der Waals surface area (Å²) in [4.78, 5) is 25.7. The molecule has 2 heterocycles. The number of esters is 1. The number of methoxy groups -OCH3 is 2. The minimum Gasteiger partial charge on any atom is -0.493 e. The van der Waals surface area contributed by atoms with Crippen molar-refractivity contribution in [1.82, 2.24) is 0 Å². The van der Waals surface area contributed by atoms with Gasteiger partial charge >= 0.3 is 5.97 Å². The number of carbonyl (C=O) groups is 1. The quantitative estimate of drug-likeness (QED) is 0.339. The largest absolute Gasteiger partial charge is 0.493 e. The number of fused-ring (bicyclic) bond motifs is 3. The van der Waals surface area contributed by atoms with E-state index in [4.69, 9.17) is 18.6 Å². The molecule has 0 spiro atoms. The lowest BCUT2D eigenvalue weighted by atomic mass is 9.85. The van der Waals surface area contributed by atoms with Crippen molar-refractivity contribution in [1.29, 1.82) is 0 Å². The van der Waals surface area contributed by atoms with Crippen LogP contribution in [0.15, 0.2) is 76.1 Å². The van der Waals surface area contributed by atoms with Crippen molar-refractivity contribution in [3.63, 3.8) is 0 Å². The van der Waals surface area contributed by atoms with Crippen LogP contribution in [0.5, 0.6) is 17.2 Å². The summed E-state index contributed by atoms with van der Waals surface area (Å²) < 4.78 is 22.3. The Morgan fingerprint density at radius 3 is 2.44 bits per heavy atom. The second-order valence-electron chi connectivity index (χ2n) is 7.54. The van der Waals surface area contributed by atoms with Gasteiger partial charge in [-0.2, -0.15) is 0 Å². The van der Waals surface area contributed by atoms with Crippen molar-refractivity contribution in [3.05, 3.63) is 88.3 Å². The van der Waals surface area contributed by atoms with Crippen LogP contribution in [0.25, 0.3) is 22.1 Å². The molecule has 0 amide bonds. The first-order chi connectivity index (χ1) is 15.6. The lowest BCUT2D eigenvalue weighted by molar-refractivity contribution is -0.135. The van der Waals surface area contributed by atoms with E-state index >= 15 is 0 Å². The monoisotopic (exact) mass is 428 g/mol. The molecule has 5 rings (SSSR count). The fourth-order valence-corrected chi connectivity index (χ4v) is 4.23. The third kappa shape index (κ3) is 3.21. The molecule has 0 fully saturated rings. The molecule has 1 aliphatic heterocycles. The molecular formula is C26H20O6. The molecule has 1 unspecified atom stereocenters. The maximum atomic E-state index is 13.3. The molecule has 0 aliphatic carbocycles. The molecule has 0 radical (unpaired) electrons. The number of rotatable bonds is 4. The van der Waals surface area contributed by atoms with Crippen molar-refractivity contribution in [2.24, 2.45) is 0 Å². The Hall–Kier alpha value is -4.06. The van der Waals surface area contributed by atoms with Gasteiger partial charge in [-0.05, 0) is 35.4 Å². The molecular weight excluding hydrogens is 408 g/mol. The standard InChI is InChI=1S/C26H20O6/c1-29-20-10-8-16(12-22(20)30-2)18-13-23(27)32-21-11-9-17-25(28)19(14-31-26(17)24(18)21)15-6-4-3-5-7-15/h3-12,14,18H,13H2,1-2H3. The van der Waals surface area contributed by atoms with Gasteiger partial charge in [0.1, 0.15) is 17.6 Å². The van der Waals surface area contributed by atoms with Crippen molar-refractivity contribution < 1.29 is 23.4 Å². The van der Waals surface area contributed by atoms with Crippen LogP contribution < -0.4 is 19.6 Å². The summed E-state index contributed by atoms with van der Waals surface area (Å²) >= 11 is 0. The Kier molecular flexibility index (Phi) is 4.90. The van der Waals surface area contributed by atoms with Crippen molar-refractivity contribution in [3.8, 4) is 28.4 Å². The van der Waals surface area contributed by atoms with Gasteiger partial charge in [-0.1, -0.05) is 36.4 Å². The number of ether oxygens (including phenoxy) is 3. The minimum absolute atomic E-state index is 0.117.